The summed E-state index contributed by atoms with van der Waals surface area (Å²) in [4.78, 5) is 27.3. The van der Waals surface area contributed by atoms with Crippen molar-refractivity contribution in [2.45, 2.75) is 24.6 Å². The van der Waals surface area contributed by atoms with Gasteiger partial charge in [0.1, 0.15) is 5.58 Å². The molecule has 3 atom stereocenters. The van der Waals surface area contributed by atoms with Crippen LogP contribution in [0, 0.1) is 0 Å². The highest BCUT2D eigenvalue weighted by molar-refractivity contribution is 5.93. The Morgan fingerprint density at radius 2 is 1.83 bits per heavy atom. The molecular formula is C23H22N2O4. The Morgan fingerprint density at radius 1 is 1.03 bits per heavy atom. The summed E-state index contributed by atoms with van der Waals surface area (Å²) in [5, 5.41) is 3.51. The molecule has 2 aromatic carbocycles. The lowest BCUT2D eigenvalue weighted by molar-refractivity contribution is -0.0502. The van der Waals surface area contributed by atoms with Gasteiger partial charge in [-0.1, -0.05) is 42.5 Å². The number of amides is 1. The highest BCUT2D eigenvalue weighted by Gasteiger charge is 2.38. The van der Waals surface area contributed by atoms with Crippen LogP contribution in [0.1, 0.15) is 28.6 Å². The molecule has 2 aliphatic rings. The third-order valence-corrected chi connectivity index (χ3v) is 5.78. The number of nitrogens with one attached hydrogen (secondary N) is 1. The van der Waals surface area contributed by atoms with Gasteiger partial charge in [-0.2, -0.15) is 0 Å². The first-order chi connectivity index (χ1) is 14.2. The van der Waals surface area contributed by atoms with Crippen LogP contribution in [0.5, 0.6) is 0 Å². The quantitative estimate of drug-likeness (QED) is 0.745. The largest absolute Gasteiger partial charge is 0.451 e. The fraction of sp³-hybridized carbons (Fsp3) is 0.304. The third kappa shape index (κ3) is 3.57. The van der Waals surface area contributed by atoms with Gasteiger partial charge in [0.25, 0.3) is 5.91 Å². The Morgan fingerprint density at radius 3 is 2.69 bits per heavy atom. The molecule has 0 bridgehead atoms. The van der Waals surface area contributed by atoms with E-state index in [1.165, 1.54) is 11.6 Å². The molecule has 3 aromatic rings. The van der Waals surface area contributed by atoms with Gasteiger partial charge in [-0.25, -0.2) is 0 Å². The van der Waals surface area contributed by atoms with Gasteiger partial charge in [-0.3, -0.25) is 14.5 Å². The molecule has 0 radical (unpaired) electrons. The highest BCUT2D eigenvalue weighted by Crippen LogP contribution is 2.30. The van der Waals surface area contributed by atoms with E-state index >= 15 is 0 Å². The normalized spacial score (nSPS) is 24.3. The highest BCUT2D eigenvalue weighted by atomic mass is 16.5. The van der Waals surface area contributed by atoms with Crippen molar-refractivity contribution in [2.24, 2.45) is 0 Å². The Balaban J connectivity index is 1.27. The molecule has 0 aliphatic carbocycles. The molecule has 3 heterocycles. The second kappa shape index (κ2) is 7.46. The summed E-state index contributed by atoms with van der Waals surface area (Å²) < 4.78 is 11.7. The Hall–Kier alpha value is -2.96. The average molecular weight is 390 g/mol. The molecule has 148 valence electrons. The second-order valence-electron chi connectivity index (χ2n) is 7.72. The molecule has 5 rings (SSSR count). The number of hydrogen-bond donors (Lipinski definition) is 1. The summed E-state index contributed by atoms with van der Waals surface area (Å²) >= 11 is 0. The number of para-hydroxylation sites is 1. The van der Waals surface area contributed by atoms with E-state index in [4.69, 9.17) is 9.15 Å². The van der Waals surface area contributed by atoms with Crippen molar-refractivity contribution in [1.82, 2.24) is 10.2 Å². The maximum Gasteiger partial charge on any atom is 0.287 e. The molecular weight excluding hydrogens is 368 g/mol. The molecule has 1 aromatic heterocycles. The van der Waals surface area contributed by atoms with Gasteiger partial charge < -0.3 is 14.5 Å². The van der Waals surface area contributed by atoms with Crippen LogP contribution in [0.15, 0.2) is 69.9 Å². The summed E-state index contributed by atoms with van der Waals surface area (Å²) in [6, 6.07) is 18.7. The van der Waals surface area contributed by atoms with E-state index < -0.39 is 0 Å². The van der Waals surface area contributed by atoms with Crippen LogP contribution < -0.4 is 10.7 Å². The zero-order chi connectivity index (χ0) is 19.8. The molecule has 6 heteroatoms. The number of morpholine rings is 1. The summed E-state index contributed by atoms with van der Waals surface area (Å²) in [6.45, 7) is 2.23. The van der Waals surface area contributed by atoms with Crippen molar-refractivity contribution < 1.29 is 13.9 Å². The fourth-order valence-electron chi connectivity index (χ4n) is 4.32. The first-order valence-electron chi connectivity index (χ1n) is 9.92. The van der Waals surface area contributed by atoms with Crippen molar-refractivity contribution in [3.05, 3.63) is 82.2 Å². The minimum absolute atomic E-state index is 0.00222. The van der Waals surface area contributed by atoms with Gasteiger partial charge in [0.15, 0.2) is 11.2 Å². The lowest BCUT2D eigenvalue weighted by Crippen LogP contribution is -2.43. The van der Waals surface area contributed by atoms with Crippen LogP contribution in [-0.2, 0) is 4.74 Å². The molecule has 6 nitrogen and oxygen atoms in total. The van der Waals surface area contributed by atoms with Crippen molar-refractivity contribution in [2.75, 3.05) is 19.7 Å². The van der Waals surface area contributed by atoms with Crippen LogP contribution in [0.4, 0.5) is 0 Å². The topological polar surface area (TPSA) is 71.8 Å². The van der Waals surface area contributed by atoms with E-state index in [0.717, 1.165) is 19.5 Å². The van der Waals surface area contributed by atoms with Crippen molar-refractivity contribution >= 4 is 16.9 Å². The Labute approximate surface area is 168 Å². The lowest BCUT2D eigenvalue weighted by Gasteiger charge is -2.35. The smallest absolute Gasteiger partial charge is 0.287 e. The predicted molar refractivity (Wildman–Crippen MR) is 109 cm³/mol. The zero-order valence-corrected chi connectivity index (χ0v) is 15.9. The van der Waals surface area contributed by atoms with Crippen LogP contribution in [0.25, 0.3) is 11.0 Å². The number of ether oxygens (including phenoxy) is 1. The van der Waals surface area contributed by atoms with Crippen LogP contribution in [0.2, 0.25) is 0 Å². The van der Waals surface area contributed by atoms with E-state index in [2.05, 4.69) is 22.3 Å². The van der Waals surface area contributed by atoms with Crippen LogP contribution in [-0.4, -0.2) is 42.6 Å². The summed E-state index contributed by atoms with van der Waals surface area (Å²) in [7, 11) is 0. The van der Waals surface area contributed by atoms with E-state index in [0.29, 0.717) is 23.6 Å². The lowest BCUT2D eigenvalue weighted by atomic mass is 10.1. The van der Waals surface area contributed by atoms with Gasteiger partial charge >= 0.3 is 0 Å². The van der Waals surface area contributed by atoms with E-state index in [-0.39, 0.29) is 29.2 Å². The molecule has 0 saturated carbocycles. The molecule has 0 spiro atoms. The number of carbonyl (C=O) groups excluding carboxylic acids is 1. The van der Waals surface area contributed by atoms with Crippen LogP contribution >= 0.6 is 0 Å². The van der Waals surface area contributed by atoms with E-state index in [9.17, 15) is 9.59 Å². The maximum atomic E-state index is 12.7. The van der Waals surface area contributed by atoms with Crippen molar-refractivity contribution in [1.29, 1.82) is 0 Å². The summed E-state index contributed by atoms with van der Waals surface area (Å²) in [5.74, 6) is -0.296. The molecule has 2 saturated heterocycles. The van der Waals surface area contributed by atoms with Gasteiger partial charge in [0.05, 0.1) is 18.1 Å². The molecule has 0 unspecified atom stereocenters. The number of hydrogen-bond acceptors (Lipinski definition) is 5. The minimum atomic E-state index is -0.349. The van der Waals surface area contributed by atoms with Gasteiger partial charge in [-0.15, -0.1) is 0 Å². The number of carbonyl (C=O) groups is 1. The van der Waals surface area contributed by atoms with Gasteiger partial charge in [-0.05, 0) is 24.1 Å². The van der Waals surface area contributed by atoms with E-state index in [1.54, 1.807) is 24.3 Å². The molecule has 2 fully saturated rings. The van der Waals surface area contributed by atoms with Crippen molar-refractivity contribution in [3.8, 4) is 0 Å². The van der Waals surface area contributed by atoms with Crippen molar-refractivity contribution in [3.63, 3.8) is 0 Å². The molecule has 29 heavy (non-hydrogen) atoms. The maximum absolute atomic E-state index is 12.7. The zero-order valence-electron chi connectivity index (χ0n) is 15.9. The molecule has 1 amide bonds. The first-order valence-corrected chi connectivity index (χ1v) is 9.92. The number of nitrogens with zero attached hydrogens (tertiary/aromatic N) is 1. The SMILES string of the molecule is O=C(N[C@@H]1C[C@H]2CO[C@@H](c3ccccc3)CN2C1)c1cc(=O)c2ccccc2o1. The summed E-state index contributed by atoms with van der Waals surface area (Å²) in [6.07, 6.45) is 0.880. The second-order valence-corrected chi connectivity index (χ2v) is 7.72. The Bertz CT molecular complexity index is 1090. The standard InChI is InChI=1S/C23H22N2O4/c26-19-11-21(29-20-9-5-4-8-18(19)20)23(27)24-16-10-17-14-28-22(13-25(17)12-16)15-6-2-1-3-7-15/h1-9,11,16-17,22H,10,12-14H2,(H,24,27)/t16-,17+,22-/m1/s1. The fourth-order valence-corrected chi connectivity index (χ4v) is 4.32. The third-order valence-electron chi connectivity index (χ3n) is 5.78. The van der Waals surface area contributed by atoms with Crippen LogP contribution in [0.3, 0.4) is 0 Å². The molecule has 1 N–H and O–H groups in total. The predicted octanol–water partition coefficient (Wildman–Crippen LogP) is 2.74. The molecule has 2 aliphatic heterocycles. The van der Waals surface area contributed by atoms with E-state index in [1.807, 2.05) is 18.2 Å². The van der Waals surface area contributed by atoms with Gasteiger partial charge in [0.2, 0.25) is 0 Å². The average Bonchev–Trinajstić information content (AvgIpc) is 3.15. The number of fused-ring (bicyclic) bond motifs is 2. The van der Waals surface area contributed by atoms with Gasteiger partial charge in [0, 0.05) is 31.2 Å². The number of rotatable bonds is 3. The Kier molecular flexibility index (Phi) is 4.66. The number of benzene rings is 2. The monoisotopic (exact) mass is 390 g/mol. The minimum Gasteiger partial charge on any atom is -0.451 e. The summed E-state index contributed by atoms with van der Waals surface area (Å²) in [5.41, 5.74) is 1.39. The first kappa shape index (κ1) is 18.1.